The average Bonchev–Trinajstić information content (AvgIpc) is 2.34. The monoisotopic (exact) mass is 348 g/mol. The van der Waals surface area contributed by atoms with Crippen LogP contribution in [0.25, 0.3) is 0 Å². The van der Waals surface area contributed by atoms with Crippen LogP contribution in [-0.4, -0.2) is 5.78 Å². The molecule has 0 heterocycles. The van der Waals surface area contributed by atoms with Crippen LogP contribution in [-0.2, 0) is 0 Å². The lowest BCUT2D eigenvalue weighted by molar-refractivity contribution is 0.102. The number of benzene rings is 2. The van der Waals surface area contributed by atoms with Gasteiger partial charge in [-0.25, -0.2) is 13.2 Å². The van der Waals surface area contributed by atoms with Crippen LogP contribution in [0.5, 0.6) is 0 Å². The Hall–Kier alpha value is -1.33. The van der Waals surface area contributed by atoms with Crippen molar-refractivity contribution in [2.75, 3.05) is 0 Å². The molecule has 0 fully saturated rings. The molecule has 0 amide bonds. The zero-order chi connectivity index (χ0) is 14.2. The maximum absolute atomic E-state index is 13.8. The number of halogens is 5. The summed E-state index contributed by atoms with van der Waals surface area (Å²) >= 11 is 8.39. The minimum Gasteiger partial charge on any atom is -0.288 e. The second-order valence-electron chi connectivity index (χ2n) is 3.67. The predicted octanol–water partition coefficient (Wildman–Crippen LogP) is 4.75. The summed E-state index contributed by atoms with van der Waals surface area (Å²) in [4.78, 5) is 12.0. The Labute approximate surface area is 120 Å². The molecule has 0 radical (unpaired) electrons. The first kappa shape index (κ1) is 14.1. The molecule has 0 spiro atoms. The van der Waals surface area contributed by atoms with Crippen LogP contribution in [0.4, 0.5) is 13.2 Å². The van der Waals surface area contributed by atoms with Crippen molar-refractivity contribution in [1.29, 1.82) is 0 Å². The molecule has 6 heteroatoms. The third kappa shape index (κ3) is 2.67. The summed E-state index contributed by atoms with van der Waals surface area (Å²) in [6, 6.07) is 5.31. The lowest BCUT2D eigenvalue weighted by atomic mass is 10.0. The van der Waals surface area contributed by atoms with Gasteiger partial charge >= 0.3 is 0 Å². The van der Waals surface area contributed by atoms with E-state index in [0.717, 1.165) is 24.3 Å². The van der Waals surface area contributed by atoms with Gasteiger partial charge in [-0.3, -0.25) is 4.79 Å². The number of hydrogen-bond acceptors (Lipinski definition) is 1. The summed E-state index contributed by atoms with van der Waals surface area (Å²) in [6.45, 7) is 0. The van der Waals surface area contributed by atoms with E-state index in [1.165, 1.54) is 6.07 Å². The molecule has 2 aromatic carbocycles. The van der Waals surface area contributed by atoms with Crippen molar-refractivity contribution < 1.29 is 18.0 Å². The van der Waals surface area contributed by atoms with E-state index in [-0.39, 0.29) is 9.50 Å². The first-order valence-electron chi connectivity index (χ1n) is 5.05. The first-order chi connectivity index (χ1) is 8.91. The number of hydrogen-bond donors (Lipinski definition) is 0. The molecule has 0 saturated carbocycles. The molecule has 0 aliphatic rings. The highest BCUT2D eigenvalue weighted by Crippen LogP contribution is 2.25. The van der Waals surface area contributed by atoms with Crippen molar-refractivity contribution in [3.8, 4) is 0 Å². The van der Waals surface area contributed by atoms with E-state index in [9.17, 15) is 18.0 Å². The zero-order valence-corrected chi connectivity index (χ0v) is 11.5. The molecular weight excluding hydrogens is 344 g/mol. The predicted molar refractivity (Wildman–Crippen MR) is 68.9 cm³/mol. The molecule has 2 aromatic rings. The molecule has 0 saturated heterocycles. The van der Waals surface area contributed by atoms with E-state index in [1.807, 2.05) is 0 Å². The third-order valence-corrected chi connectivity index (χ3v) is 3.29. The van der Waals surface area contributed by atoms with Gasteiger partial charge < -0.3 is 0 Å². The van der Waals surface area contributed by atoms with Crippen molar-refractivity contribution in [3.63, 3.8) is 0 Å². The van der Waals surface area contributed by atoms with Gasteiger partial charge in [0.15, 0.2) is 5.82 Å². The summed E-state index contributed by atoms with van der Waals surface area (Å²) < 4.78 is 40.8. The van der Waals surface area contributed by atoms with E-state index in [0.29, 0.717) is 0 Å². The maximum atomic E-state index is 13.8. The van der Waals surface area contributed by atoms with Gasteiger partial charge in [-0.1, -0.05) is 11.6 Å². The summed E-state index contributed by atoms with van der Waals surface area (Å²) in [5.41, 5.74) is -1.25. The Morgan fingerprint density at radius 1 is 1.05 bits per heavy atom. The number of carbonyl (C=O) groups excluding carboxylic acids is 1. The number of rotatable bonds is 2. The van der Waals surface area contributed by atoms with Crippen LogP contribution >= 0.6 is 27.5 Å². The van der Waals surface area contributed by atoms with Crippen LogP contribution < -0.4 is 0 Å². The van der Waals surface area contributed by atoms with Gasteiger partial charge in [0.2, 0.25) is 5.78 Å². The normalized spacial score (nSPS) is 10.6. The Morgan fingerprint density at radius 2 is 1.74 bits per heavy atom. The molecule has 0 aromatic heterocycles. The van der Waals surface area contributed by atoms with Crippen LogP contribution in [0.15, 0.2) is 34.8 Å². The van der Waals surface area contributed by atoms with E-state index in [2.05, 4.69) is 15.9 Å². The quantitative estimate of drug-likeness (QED) is 0.565. The molecule has 0 unspecified atom stereocenters. The van der Waals surface area contributed by atoms with Gasteiger partial charge in [0.25, 0.3) is 0 Å². The van der Waals surface area contributed by atoms with Gasteiger partial charge in [0, 0.05) is 5.02 Å². The molecule has 0 aliphatic heterocycles. The van der Waals surface area contributed by atoms with Crippen molar-refractivity contribution in [2.45, 2.75) is 0 Å². The first-order valence-corrected chi connectivity index (χ1v) is 6.22. The van der Waals surface area contributed by atoms with Crippen molar-refractivity contribution in [3.05, 3.63) is 68.4 Å². The van der Waals surface area contributed by atoms with Gasteiger partial charge in [-0.2, -0.15) is 0 Å². The van der Waals surface area contributed by atoms with Crippen molar-refractivity contribution in [1.82, 2.24) is 0 Å². The van der Waals surface area contributed by atoms with Crippen molar-refractivity contribution in [2.24, 2.45) is 0 Å². The van der Waals surface area contributed by atoms with Gasteiger partial charge in [-0.05, 0) is 46.3 Å². The maximum Gasteiger partial charge on any atom is 0.201 e. The highest BCUT2D eigenvalue weighted by atomic mass is 79.9. The van der Waals surface area contributed by atoms with E-state index >= 15 is 0 Å². The van der Waals surface area contributed by atoms with Gasteiger partial charge in [-0.15, -0.1) is 0 Å². The molecule has 0 aliphatic carbocycles. The molecule has 1 nitrogen and oxygen atoms in total. The van der Waals surface area contributed by atoms with E-state index in [4.69, 9.17) is 11.6 Å². The van der Waals surface area contributed by atoms with E-state index < -0.39 is 34.4 Å². The van der Waals surface area contributed by atoms with Crippen molar-refractivity contribution >= 4 is 33.3 Å². The Morgan fingerprint density at radius 3 is 2.37 bits per heavy atom. The fraction of sp³-hybridized carbons (Fsp3) is 0. The molecule has 0 bridgehead atoms. The smallest absolute Gasteiger partial charge is 0.201 e. The Bertz CT molecular complexity index is 673. The lowest BCUT2D eigenvalue weighted by Gasteiger charge is -2.07. The van der Waals surface area contributed by atoms with Crippen LogP contribution in [0, 0.1) is 17.5 Å². The standard InChI is InChI=1S/C13H5BrClF3O/c14-8-3-4-9(16)11(12(8)18)13(19)7-2-1-6(15)5-10(7)17/h1-5H. The minimum absolute atomic E-state index is 0.0772. The Balaban J connectivity index is 2.59. The van der Waals surface area contributed by atoms with Gasteiger partial charge in [0.1, 0.15) is 11.6 Å². The van der Waals surface area contributed by atoms with Crippen LogP contribution in [0.2, 0.25) is 5.02 Å². The zero-order valence-electron chi connectivity index (χ0n) is 9.18. The molecule has 0 atom stereocenters. The third-order valence-electron chi connectivity index (χ3n) is 2.45. The fourth-order valence-corrected chi connectivity index (χ4v) is 2.03. The van der Waals surface area contributed by atoms with Crippen LogP contribution in [0.1, 0.15) is 15.9 Å². The second kappa shape index (κ2) is 5.35. The SMILES string of the molecule is O=C(c1ccc(Cl)cc1F)c1c(F)ccc(Br)c1F. The fourth-order valence-electron chi connectivity index (χ4n) is 1.54. The topological polar surface area (TPSA) is 17.1 Å². The highest BCUT2D eigenvalue weighted by molar-refractivity contribution is 9.10. The summed E-state index contributed by atoms with van der Waals surface area (Å²) in [5, 5.41) is 0.0873. The Kier molecular flexibility index (Phi) is 3.96. The summed E-state index contributed by atoms with van der Waals surface area (Å²) in [5.74, 6) is -4.14. The second-order valence-corrected chi connectivity index (χ2v) is 4.96. The van der Waals surface area contributed by atoms with E-state index in [1.54, 1.807) is 0 Å². The summed E-state index contributed by atoms with van der Waals surface area (Å²) in [7, 11) is 0. The largest absolute Gasteiger partial charge is 0.288 e. The number of ketones is 1. The minimum atomic E-state index is -1.08. The number of carbonyl (C=O) groups is 1. The lowest BCUT2D eigenvalue weighted by Crippen LogP contribution is -2.10. The molecule has 0 N–H and O–H groups in total. The highest BCUT2D eigenvalue weighted by Gasteiger charge is 2.23. The van der Waals surface area contributed by atoms with Gasteiger partial charge in [0.05, 0.1) is 15.6 Å². The van der Waals surface area contributed by atoms with Crippen LogP contribution in [0.3, 0.4) is 0 Å². The molecule has 19 heavy (non-hydrogen) atoms. The summed E-state index contributed by atoms with van der Waals surface area (Å²) in [6.07, 6.45) is 0. The average molecular weight is 350 g/mol. The molecule has 2 rings (SSSR count). The molecule has 98 valence electrons. The molecular formula is C13H5BrClF3O.